The highest BCUT2D eigenvalue weighted by atomic mass is 35.5. The van der Waals surface area contributed by atoms with Gasteiger partial charge in [0.2, 0.25) is 6.79 Å². The molecule has 0 bridgehead atoms. The zero-order valence-corrected chi connectivity index (χ0v) is 28.5. The van der Waals surface area contributed by atoms with Gasteiger partial charge in [-0.1, -0.05) is 35.9 Å². The third-order valence-electron chi connectivity index (χ3n) is 6.15. The second kappa shape index (κ2) is 21.4. The van der Waals surface area contributed by atoms with Crippen LogP contribution in [0.3, 0.4) is 0 Å². The summed E-state index contributed by atoms with van der Waals surface area (Å²) < 4.78 is 19.4. The number of halogens is 1. The molecule has 0 fully saturated rings. The minimum Gasteiger partial charge on any atom is -0.508 e. The number of alkyl halides is 1. The normalized spacial score (nSPS) is 11.9. The number of carbonyl (C=O) groups is 4. The van der Waals surface area contributed by atoms with E-state index in [1.807, 2.05) is 0 Å². The van der Waals surface area contributed by atoms with Crippen LogP contribution in [0.15, 0.2) is 48.5 Å². The first-order valence-corrected chi connectivity index (χ1v) is 15.6. The molecular weight excluding hydrogens is 654 g/mol. The standard InChI is InChI=1S/C20H30N2O8.C12H16ClNO4/c1-5-22(12-16(24)14-7-6-8-15(23)11-14)19(27)29-13-28-17(25)9-10-21-18(26)30-20(2,3)4;1-2-14(12(17)18-8-13)7-11(16)9-4-3-5-10(15)6-9/h6-8,11,16,23-24H,5,9-10,12-13H2,1-4H3,(H,21,26);3-6,11,15-16H,2,7-8H2,1H3. The van der Waals surface area contributed by atoms with E-state index in [9.17, 15) is 39.6 Å². The Kier molecular flexibility index (Phi) is 18.5. The number of amides is 3. The second-order valence-electron chi connectivity index (χ2n) is 11.0. The van der Waals surface area contributed by atoms with E-state index in [1.54, 1.807) is 58.9 Å². The monoisotopic (exact) mass is 699 g/mol. The van der Waals surface area contributed by atoms with Crippen molar-refractivity contribution in [1.29, 1.82) is 0 Å². The van der Waals surface area contributed by atoms with Crippen molar-refractivity contribution in [1.82, 2.24) is 15.1 Å². The van der Waals surface area contributed by atoms with Crippen molar-refractivity contribution in [2.75, 3.05) is 45.6 Å². The molecule has 0 aliphatic heterocycles. The lowest BCUT2D eigenvalue weighted by Gasteiger charge is -2.23. The number of aliphatic hydroxyl groups is 2. The van der Waals surface area contributed by atoms with E-state index in [2.05, 4.69) is 10.1 Å². The van der Waals surface area contributed by atoms with E-state index >= 15 is 0 Å². The van der Waals surface area contributed by atoms with Gasteiger partial charge >= 0.3 is 24.2 Å². The summed E-state index contributed by atoms with van der Waals surface area (Å²) >= 11 is 5.31. The quantitative estimate of drug-likeness (QED) is 0.0807. The Morgan fingerprint density at radius 3 is 1.71 bits per heavy atom. The first-order valence-electron chi connectivity index (χ1n) is 15.1. The molecule has 48 heavy (non-hydrogen) atoms. The molecule has 0 aliphatic rings. The number of nitrogens with one attached hydrogen (secondary N) is 1. The molecule has 2 aromatic carbocycles. The molecule has 2 atom stereocenters. The summed E-state index contributed by atoms with van der Waals surface area (Å²) in [4.78, 5) is 49.2. The van der Waals surface area contributed by atoms with Crippen LogP contribution in [-0.4, -0.2) is 106 Å². The molecule has 0 aliphatic carbocycles. The number of hydrogen-bond acceptors (Lipinski definition) is 12. The van der Waals surface area contributed by atoms with E-state index in [0.717, 1.165) is 0 Å². The molecule has 0 radical (unpaired) electrons. The van der Waals surface area contributed by atoms with Crippen molar-refractivity contribution >= 4 is 35.8 Å². The highest BCUT2D eigenvalue weighted by Gasteiger charge is 2.21. The number of likely N-dealkylation sites (N-methyl/N-ethyl adjacent to an activating group) is 2. The maximum Gasteiger partial charge on any atom is 0.412 e. The average molecular weight is 700 g/mol. The van der Waals surface area contributed by atoms with Gasteiger partial charge in [-0.15, -0.1) is 0 Å². The van der Waals surface area contributed by atoms with Crippen LogP contribution in [-0.2, 0) is 23.7 Å². The number of phenols is 2. The van der Waals surface area contributed by atoms with Crippen molar-refractivity contribution in [2.45, 2.75) is 58.8 Å². The Balaban J connectivity index is 0.000000544. The molecule has 5 N–H and O–H groups in total. The summed E-state index contributed by atoms with van der Waals surface area (Å²) in [7, 11) is 0. The number of benzene rings is 2. The number of nitrogens with zero attached hydrogens (tertiary/aromatic N) is 2. The fraction of sp³-hybridized carbons (Fsp3) is 0.500. The van der Waals surface area contributed by atoms with Gasteiger partial charge in [-0.3, -0.25) is 4.79 Å². The fourth-order valence-corrected chi connectivity index (χ4v) is 3.88. The first kappa shape index (κ1) is 41.6. The maximum atomic E-state index is 12.1. The lowest BCUT2D eigenvalue weighted by molar-refractivity contribution is -0.152. The maximum absolute atomic E-state index is 12.1. The first-order chi connectivity index (χ1) is 22.6. The molecule has 2 aromatic rings. The molecule has 16 heteroatoms. The van der Waals surface area contributed by atoms with Crippen molar-refractivity contribution in [3.63, 3.8) is 0 Å². The van der Waals surface area contributed by atoms with E-state index in [0.29, 0.717) is 17.7 Å². The van der Waals surface area contributed by atoms with E-state index in [1.165, 1.54) is 34.1 Å². The molecule has 0 spiro atoms. The van der Waals surface area contributed by atoms with Crippen LogP contribution in [0.4, 0.5) is 14.4 Å². The molecule has 0 saturated heterocycles. The van der Waals surface area contributed by atoms with Crippen LogP contribution in [0.2, 0.25) is 0 Å². The van der Waals surface area contributed by atoms with Crippen LogP contribution in [0.1, 0.15) is 64.4 Å². The smallest absolute Gasteiger partial charge is 0.412 e. The molecule has 2 unspecified atom stereocenters. The van der Waals surface area contributed by atoms with E-state index in [4.69, 9.17) is 25.8 Å². The molecular formula is C32H46ClN3O12. The van der Waals surface area contributed by atoms with Crippen LogP contribution in [0.25, 0.3) is 0 Å². The van der Waals surface area contributed by atoms with Gasteiger partial charge in [0.1, 0.15) is 17.1 Å². The fourth-order valence-electron chi connectivity index (χ4n) is 3.79. The molecule has 0 heterocycles. The lowest BCUT2D eigenvalue weighted by Crippen LogP contribution is -2.36. The summed E-state index contributed by atoms with van der Waals surface area (Å²) in [6.45, 7) is 8.71. The van der Waals surface area contributed by atoms with Gasteiger partial charge in [0.05, 0.1) is 31.7 Å². The van der Waals surface area contributed by atoms with Crippen LogP contribution < -0.4 is 5.32 Å². The van der Waals surface area contributed by atoms with Crippen molar-refractivity contribution < 1.29 is 58.6 Å². The third kappa shape index (κ3) is 16.9. The van der Waals surface area contributed by atoms with Crippen LogP contribution >= 0.6 is 11.6 Å². The van der Waals surface area contributed by atoms with Gasteiger partial charge in [-0.05, 0) is 70.0 Å². The van der Waals surface area contributed by atoms with Gasteiger partial charge in [0.25, 0.3) is 0 Å². The minimum absolute atomic E-state index is 0.00486. The lowest BCUT2D eigenvalue weighted by atomic mass is 10.1. The number of phenolic OH excluding ortho intramolecular Hbond substituents is 2. The zero-order chi connectivity index (χ0) is 36.3. The summed E-state index contributed by atoms with van der Waals surface area (Å²) in [6.07, 6.45) is -4.02. The van der Waals surface area contributed by atoms with Crippen molar-refractivity contribution in [3.05, 3.63) is 59.7 Å². The predicted molar refractivity (Wildman–Crippen MR) is 174 cm³/mol. The molecule has 0 saturated carbocycles. The van der Waals surface area contributed by atoms with Crippen molar-refractivity contribution in [3.8, 4) is 11.5 Å². The summed E-state index contributed by atoms with van der Waals surface area (Å²) in [6, 6.07) is 12.1. The molecule has 0 aromatic heterocycles. The van der Waals surface area contributed by atoms with Crippen LogP contribution in [0, 0.1) is 0 Å². The Labute approximate surface area is 284 Å². The molecule has 2 rings (SSSR count). The molecule has 268 valence electrons. The van der Waals surface area contributed by atoms with E-state index in [-0.39, 0.29) is 50.2 Å². The number of esters is 1. The Morgan fingerprint density at radius 2 is 1.29 bits per heavy atom. The largest absolute Gasteiger partial charge is 0.508 e. The van der Waals surface area contributed by atoms with Gasteiger partial charge in [-0.25, -0.2) is 14.4 Å². The minimum atomic E-state index is -1.02. The van der Waals surface area contributed by atoms with Crippen molar-refractivity contribution in [2.24, 2.45) is 0 Å². The number of aliphatic hydroxyl groups excluding tert-OH is 2. The van der Waals surface area contributed by atoms with Gasteiger partial charge in [-0.2, -0.15) is 0 Å². The molecule has 15 nitrogen and oxygen atoms in total. The predicted octanol–water partition coefficient (Wildman–Crippen LogP) is 4.38. The van der Waals surface area contributed by atoms with Gasteiger partial charge in [0, 0.05) is 19.6 Å². The second-order valence-corrected chi connectivity index (χ2v) is 11.3. The summed E-state index contributed by atoms with van der Waals surface area (Å²) in [5.74, 6) is -0.593. The topological polar surface area (TPSA) is 205 Å². The molecule has 3 amide bonds. The third-order valence-corrected chi connectivity index (χ3v) is 6.26. The summed E-state index contributed by atoms with van der Waals surface area (Å²) in [5.41, 5.74) is 0.343. The highest BCUT2D eigenvalue weighted by Crippen LogP contribution is 2.20. The SMILES string of the molecule is CCN(CC(O)c1cccc(O)c1)C(=O)OCCl.CCN(CC(O)c1cccc(O)c1)C(=O)OCOC(=O)CCNC(=O)OC(C)(C)C. The average Bonchev–Trinajstić information content (AvgIpc) is 3.01. The number of ether oxygens (including phenoxy) is 4. The van der Waals surface area contributed by atoms with Crippen LogP contribution in [0.5, 0.6) is 11.5 Å². The highest BCUT2D eigenvalue weighted by molar-refractivity contribution is 6.17. The summed E-state index contributed by atoms with van der Waals surface area (Å²) in [5, 5.41) is 41.4. The van der Waals surface area contributed by atoms with Gasteiger partial charge in [0.15, 0.2) is 6.07 Å². The number of alkyl carbamates (subject to hydrolysis) is 1. The number of hydrogen-bond donors (Lipinski definition) is 5. The number of carbonyl (C=O) groups excluding carboxylic acids is 4. The van der Waals surface area contributed by atoms with Gasteiger partial charge < -0.3 is 54.5 Å². The Bertz CT molecular complexity index is 1310. The Morgan fingerprint density at radius 1 is 0.812 bits per heavy atom. The number of aromatic hydroxyl groups is 2. The number of rotatable bonds is 14. The Hall–Kier alpha value is -4.47. The zero-order valence-electron chi connectivity index (χ0n) is 27.8. The van der Waals surface area contributed by atoms with E-state index < -0.39 is 48.9 Å².